The minimum absolute atomic E-state index is 0.138. The Morgan fingerprint density at radius 2 is 1.78 bits per heavy atom. The summed E-state index contributed by atoms with van der Waals surface area (Å²) in [7, 11) is 0. The Bertz CT molecular complexity index is 1750. The van der Waals surface area contributed by atoms with E-state index in [0.29, 0.717) is 83.9 Å². The van der Waals surface area contributed by atoms with E-state index >= 15 is 0 Å². The first-order valence-corrected chi connectivity index (χ1v) is 15.2. The summed E-state index contributed by atoms with van der Waals surface area (Å²) < 4.78 is 48.5. The van der Waals surface area contributed by atoms with Crippen LogP contribution in [0.15, 0.2) is 42.6 Å². The number of pyridine rings is 1. The molecule has 9 nitrogen and oxygen atoms in total. The Hall–Kier alpha value is -4.06. The number of nitrogens with zero attached hydrogens (tertiary/aromatic N) is 3. The highest BCUT2D eigenvalue weighted by molar-refractivity contribution is 5.80. The highest BCUT2D eigenvalue weighted by atomic mass is 19.2. The summed E-state index contributed by atoms with van der Waals surface area (Å²) in [5, 5.41) is 20.8. The third kappa shape index (κ3) is 6.12. The normalized spacial score (nSPS) is 17.6. The van der Waals surface area contributed by atoms with E-state index in [2.05, 4.69) is 11.8 Å². The van der Waals surface area contributed by atoms with E-state index in [4.69, 9.17) is 19.2 Å². The topological polar surface area (TPSA) is 106 Å². The molecule has 7 rings (SSSR count). The highest BCUT2D eigenvalue weighted by Gasteiger charge is 2.34. The van der Waals surface area contributed by atoms with E-state index in [1.54, 1.807) is 19.1 Å². The molecule has 5 heterocycles. The third-order valence-corrected chi connectivity index (χ3v) is 8.82. The number of hydrogen-bond acceptors (Lipinski definition) is 7. The lowest BCUT2D eigenvalue weighted by atomic mass is 9.92. The molecule has 1 atom stereocenters. The van der Waals surface area contributed by atoms with Crippen LogP contribution in [0.4, 0.5) is 14.6 Å². The number of piperidine rings is 1. The smallest absolute Gasteiger partial charge is 0.307 e. The van der Waals surface area contributed by atoms with E-state index in [9.17, 15) is 23.8 Å². The Kier molecular flexibility index (Phi) is 8.51. The van der Waals surface area contributed by atoms with Gasteiger partial charge in [0.1, 0.15) is 23.8 Å². The molecule has 0 amide bonds. The number of rotatable bonds is 3. The number of ether oxygens (including phenoxy) is 3. The van der Waals surface area contributed by atoms with Crippen LogP contribution in [0, 0.1) is 18.6 Å². The summed E-state index contributed by atoms with van der Waals surface area (Å²) in [5.74, 6) is -2.08. The van der Waals surface area contributed by atoms with Gasteiger partial charge in [-0.3, -0.25) is 9.20 Å². The van der Waals surface area contributed by atoms with Crippen molar-refractivity contribution < 1.29 is 38.0 Å². The van der Waals surface area contributed by atoms with Crippen molar-refractivity contribution in [3.8, 4) is 28.1 Å². The van der Waals surface area contributed by atoms with Gasteiger partial charge in [-0.25, -0.2) is 13.8 Å². The number of imidazole rings is 1. The second-order valence-electron chi connectivity index (χ2n) is 12.0. The van der Waals surface area contributed by atoms with E-state index in [1.165, 1.54) is 0 Å². The van der Waals surface area contributed by atoms with Crippen LogP contribution in [0.5, 0.6) is 5.75 Å². The van der Waals surface area contributed by atoms with Gasteiger partial charge in [-0.2, -0.15) is 0 Å². The number of aliphatic carboxylic acids is 1. The van der Waals surface area contributed by atoms with Crippen molar-refractivity contribution in [2.45, 2.75) is 51.7 Å². The molecule has 4 aromatic rings. The van der Waals surface area contributed by atoms with Crippen molar-refractivity contribution in [1.82, 2.24) is 9.38 Å². The summed E-state index contributed by atoms with van der Waals surface area (Å²) in [6.07, 6.45) is 2.14. The van der Waals surface area contributed by atoms with Gasteiger partial charge in [0.05, 0.1) is 43.6 Å². The summed E-state index contributed by atoms with van der Waals surface area (Å²) in [6, 6.07) is 9.43. The molecular formula is C34H37F2N3O6. The van der Waals surface area contributed by atoms with E-state index < -0.39 is 23.7 Å². The Labute approximate surface area is 260 Å². The molecule has 0 saturated carbocycles. The van der Waals surface area contributed by atoms with Gasteiger partial charge in [-0.05, 0) is 56.9 Å². The lowest BCUT2D eigenvalue weighted by Gasteiger charge is -2.41. The van der Waals surface area contributed by atoms with Gasteiger partial charge in [0.25, 0.3) is 0 Å². The van der Waals surface area contributed by atoms with Gasteiger partial charge >= 0.3 is 5.97 Å². The SMILES string of the molecule is Cc1c(CC(=O)O)c2n3cc(nc3c1C(C)O)-c1cccc(c1)-c1cc(F)c(F)cc1OCCOCCOC1(C)CCN2CC1. The van der Waals surface area contributed by atoms with Gasteiger partial charge in [0.2, 0.25) is 0 Å². The largest absolute Gasteiger partial charge is 0.490 e. The number of aromatic nitrogens is 2. The minimum Gasteiger partial charge on any atom is -0.490 e. The summed E-state index contributed by atoms with van der Waals surface area (Å²) in [6.45, 7) is 7.91. The number of carbonyl (C=O) groups is 1. The fourth-order valence-corrected chi connectivity index (χ4v) is 6.44. The lowest BCUT2D eigenvalue weighted by Crippen LogP contribution is -2.45. The van der Waals surface area contributed by atoms with Crippen LogP contribution in [0.25, 0.3) is 28.0 Å². The first kappa shape index (κ1) is 30.9. The maximum Gasteiger partial charge on any atom is 0.307 e. The molecule has 6 bridgehead atoms. The minimum atomic E-state index is -1.02. The standard InChI is InChI=1S/C34H37F2N3O6/c1-20-24(17-30(41)42)33-38-9-7-34(3,8-10-38)45-14-12-43-11-13-44-29-18-27(36)26(35)16-25(29)22-5-4-6-23(15-22)28-19-39(33)32(37-28)31(20)21(2)40/h4-6,15-16,18-19,21,40H,7-14,17H2,1-3H3,(H,41,42). The lowest BCUT2D eigenvalue weighted by molar-refractivity contribution is -0.136. The zero-order chi connectivity index (χ0) is 31.9. The number of anilines is 1. The van der Waals surface area contributed by atoms with Crippen molar-refractivity contribution in [3.05, 3.63) is 70.9 Å². The fraction of sp³-hybridized carbons (Fsp3) is 0.412. The molecule has 238 valence electrons. The number of carboxylic acid groups (broad SMARTS) is 1. The second-order valence-corrected chi connectivity index (χ2v) is 12.0. The quantitative estimate of drug-likeness (QED) is 0.280. The molecule has 45 heavy (non-hydrogen) atoms. The number of halogens is 2. The van der Waals surface area contributed by atoms with Crippen molar-refractivity contribution in [1.29, 1.82) is 0 Å². The van der Waals surface area contributed by atoms with Crippen LogP contribution in [0.2, 0.25) is 0 Å². The zero-order valence-electron chi connectivity index (χ0n) is 25.6. The Morgan fingerprint density at radius 3 is 2.51 bits per heavy atom. The average molecular weight is 622 g/mol. The fourth-order valence-electron chi connectivity index (χ4n) is 6.44. The number of aliphatic hydroxyl groups excluding tert-OH is 1. The van der Waals surface area contributed by atoms with Gasteiger partial charge in [0, 0.05) is 47.6 Å². The highest BCUT2D eigenvalue weighted by Crippen LogP contribution is 2.39. The second kappa shape index (κ2) is 12.4. The van der Waals surface area contributed by atoms with E-state index in [1.807, 2.05) is 29.7 Å². The molecule has 1 fully saturated rings. The summed E-state index contributed by atoms with van der Waals surface area (Å²) in [4.78, 5) is 19.3. The number of hydrogen-bond donors (Lipinski definition) is 2. The van der Waals surface area contributed by atoms with Crippen molar-refractivity contribution >= 4 is 17.4 Å². The number of carboxylic acids is 1. The summed E-state index contributed by atoms with van der Waals surface area (Å²) in [5.41, 5.74) is 4.23. The van der Waals surface area contributed by atoms with Crippen molar-refractivity contribution in [2.75, 3.05) is 44.4 Å². The van der Waals surface area contributed by atoms with Crippen molar-refractivity contribution in [3.63, 3.8) is 0 Å². The maximum absolute atomic E-state index is 14.5. The van der Waals surface area contributed by atoms with Crippen LogP contribution < -0.4 is 9.64 Å². The van der Waals surface area contributed by atoms with Crippen molar-refractivity contribution in [2.24, 2.45) is 0 Å². The van der Waals surface area contributed by atoms with Crippen LogP contribution in [-0.2, 0) is 20.7 Å². The van der Waals surface area contributed by atoms with Gasteiger partial charge in [0.15, 0.2) is 11.6 Å². The molecule has 0 radical (unpaired) electrons. The molecule has 0 aliphatic carbocycles. The molecule has 1 saturated heterocycles. The number of aliphatic hydroxyl groups is 1. The molecule has 1 unspecified atom stereocenters. The van der Waals surface area contributed by atoms with Crippen LogP contribution in [0.1, 0.15) is 49.5 Å². The molecule has 0 spiro atoms. The maximum atomic E-state index is 14.5. The number of benzene rings is 2. The van der Waals surface area contributed by atoms with E-state index in [0.717, 1.165) is 18.0 Å². The molecule has 2 aromatic heterocycles. The monoisotopic (exact) mass is 621 g/mol. The average Bonchev–Trinajstić information content (AvgIpc) is 3.43. The molecular weight excluding hydrogens is 584 g/mol. The number of fused-ring (bicyclic) bond motifs is 8. The first-order valence-electron chi connectivity index (χ1n) is 15.2. The molecule has 3 aliphatic heterocycles. The van der Waals surface area contributed by atoms with Crippen LogP contribution >= 0.6 is 0 Å². The molecule has 3 aliphatic rings. The molecule has 2 aromatic carbocycles. The van der Waals surface area contributed by atoms with Gasteiger partial charge < -0.3 is 29.3 Å². The third-order valence-electron chi connectivity index (χ3n) is 8.82. The predicted octanol–water partition coefficient (Wildman–Crippen LogP) is 5.72. The van der Waals surface area contributed by atoms with Crippen LogP contribution in [0.3, 0.4) is 0 Å². The van der Waals surface area contributed by atoms with Crippen LogP contribution in [-0.4, -0.2) is 70.7 Å². The van der Waals surface area contributed by atoms with Gasteiger partial charge in [-0.15, -0.1) is 0 Å². The predicted molar refractivity (Wildman–Crippen MR) is 165 cm³/mol. The Morgan fingerprint density at radius 1 is 1.07 bits per heavy atom. The molecule has 11 heteroatoms. The first-order chi connectivity index (χ1) is 21.5. The van der Waals surface area contributed by atoms with Gasteiger partial charge in [-0.1, -0.05) is 18.2 Å². The zero-order valence-corrected chi connectivity index (χ0v) is 25.6. The molecule has 2 N–H and O–H groups in total. The van der Waals surface area contributed by atoms with E-state index in [-0.39, 0.29) is 31.0 Å². The Balaban J connectivity index is 1.56. The summed E-state index contributed by atoms with van der Waals surface area (Å²) >= 11 is 0.